The first-order chi connectivity index (χ1) is 8.53. The number of hydrogen-bond donors (Lipinski definition) is 1. The molecular weight excluding hydrogens is 318 g/mol. The van der Waals surface area contributed by atoms with Gasteiger partial charge in [0.1, 0.15) is 5.82 Å². The molecule has 100 valence electrons. The highest BCUT2D eigenvalue weighted by Crippen LogP contribution is 2.22. The molecule has 0 radical (unpaired) electrons. The monoisotopic (exact) mass is 333 g/mol. The summed E-state index contributed by atoms with van der Waals surface area (Å²) in [6.45, 7) is 1.35. The maximum atomic E-state index is 11.8. The highest BCUT2D eigenvalue weighted by molar-refractivity contribution is 9.10. The van der Waals surface area contributed by atoms with Gasteiger partial charge in [-0.3, -0.25) is 0 Å². The van der Waals surface area contributed by atoms with E-state index in [1.165, 1.54) is 7.05 Å². The van der Waals surface area contributed by atoms with Gasteiger partial charge >= 0.3 is 0 Å². The highest BCUT2D eigenvalue weighted by atomic mass is 79.9. The first kappa shape index (κ1) is 13.8. The standard InChI is InChI=1S/C11H16BrN3O2S/c1-13-18(16,17)10-3-2-6-15(8-10)11-5-4-9(12)7-14-11/h4-5,7,10,13H,2-3,6,8H2,1H3/t10-/m0/s1. The number of pyridine rings is 1. The van der Waals surface area contributed by atoms with Crippen molar-refractivity contribution >= 4 is 31.8 Å². The number of piperidine rings is 1. The van der Waals surface area contributed by atoms with Crippen LogP contribution in [0.15, 0.2) is 22.8 Å². The molecule has 18 heavy (non-hydrogen) atoms. The summed E-state index contributed by atoms with van der Waals surface area (Å²) in [7, 11) is -1.73. The van der Waals surface area contributed by atoms with Gasteiger partial charge in [-0.15, -0.1) is 0 Å². The predicted octanol–water partition coefficient (Wildman–Crippen LogP) is 1.36. The van der Waals surface area contributed by atoms with E-state index in [0.717, 1.165) is 23.3 Å². The number of rotatable bonds is 3. The molecular formula is C11H16BrN3O2S. The third-order valence-electron chi connectivity index (χ3n) is 3.14. The van der Waals surface area contributed by atoms with Gasteiger partial charge in [0.05, 0.1) is 5.25 Å². The van der Waals surface area contributed by atoms with Gasteiger partial charge in [0.2, 0.25) is 10.0 Å². The van der Waals surface area contributed by atoms with E-state index in [1.807, 2.05) is 17.0 Å². The lowest BCUT2D eigenvalue weighted by molar-refractivity contribution is 0.524. The molecule has 0 amide bonds. The Bertz CT molecular complexity index is 504. The van der Waals surface area contributed by atoms with E-state index in [0.29, 0.717) is 13.0 Å². The molecule has 1 saturated heterocycles. The first-order valence-corrected chi connectivity index (χ1v) is 8.16. The molecule has 1 N–H and O–H groups in total. The number of hydrogen-bond acceptors (Lipinski definition) is 4. The van der Waals surface area contributed by atoms with Crippen molar-refractivity contribution in [1.82, 2.24) is 9.71 Å². The van der Waals surface area contributed by atoms with Crippen LogP contribution in [0.3, 0.4) is 0 Å². The van der Waals surface area contributed by atoms with Crippen LogP contribution in [0.2, 0.25) is 0 Å². The van der Waals surface area contributed by atoms with Crippen LogP contribution >= 0.6 is 15.9 Å². The Morgan fingerprint density at radius 1 is 1.50 bits per heavy atom. The SMILES string of the molecule is CNS(=O)(=O)[C@H]1CCCN(c2ccc(Br)cn2)C1. The Hall–Kier alpha value is -0.660. The second-order valence-corrected chi connectivity index (χ2v) is 7.37. The molecule has 0 spiro atoms. The summed E-state index contributed by atoms with van der Waals surface area (Å²) in [5.41, 5.74) is 0. The van der Waals surface area contributed by atoms with Crippen LogP contribution < -0.4 is 9.62 Å². The van der Waals surface area contributed by atoms with E-state index in [4.69, 9.17) is 0 Å². The third kappa shape index (κ3) is 3.02. The number of nitrogens with zero attached hydrogens (tertiary/aromatic N) is 2. The Balaban J connectivity index is 2.14. The topological polar surface area (TPSA) is 62.3 Å². The molecule has 2 rings (SSSR count). The molecule has 0 bridgehead atoms. The summed E-state index contributed by atoms with van der Waals surface area (Å²) in [5, 5.41) is -0.360. The fraction of sp³-hybridized carbons (Fsp3) is 0.545. The maximum absolute atomic E-state index is 11.8. The summed E-state index contributed by atoms with van der Waals surface area (Å²) < 4.78 is 27.0. The lowest BCUT2D eigenvalue weighted by atomic mass is 10.1. The van der Waals surface area contributed by atoms with Gasteiger partial charge < -0.3 is 4.90 Å². The van der Waals surface area contributed by atoms with Crippen molar-refractivity contribution in [3.8, 4) is 0 Å². The molecule has 0 aliphatic carbocycles. The Kier molecular flexibility index (Phi) is 4.24. The zero-order valence-corrected chi connectivity index (χ0v) is 12.5. The number of halogens is 1. The van der Waals surface area contributed by atoms with Crippen LogP contribution in [0, 0.1) is 0 Å². The van der Waals surface area contributed by atoms with Gasteiger partial charge in [-0.2, -0.15) is 0 Å². The minimum absolute atomic E-state index is 0.360. The van der Waals surface area contributed by atoms with Crippen LogP contribution in [-0.2, 0) is 10.0 Å². The molecule has 0 unspecified atom stereocenters. The Labute approximate surface area is 116 Å². The minimum Gasteiger partial charge on any atom is -0.355 e. The van der Waals surface area contributed by atoms with Gasteiger partial charge in [0.25, 0.3) is 0 Å². The van der Waals surface area contributed by atoms with Crippen LogP contribution in [0.1, 0.15) is 12.8 Å². The molecule has 0 saturated carbocycles. The van der Waals surface area contributed by atoms with E-state index in [9.17, 15) is 8.42 Å². The van der Waals surface area contributed by atoms with Crippen molar-refractivity contribution < 1.29 is 8.42 Å². The maximum Gasteiger partial charge on any atom is 0.215 e. The van der Waals surface area contributed by atoms with Gasteiger partial charge in [0, 0.05) is 23.8 Å². The van der Waals surface area contributed by atoms with Gasteiger partial charge in [0.15, 0.2) is 0 Å². The largest absolute Gasteiger partial charge is 0.355 e. The quantitative estimate of drug-likeness (QED) is 0.907. The van der Waals surface area contributed by atoms with E-state index in [2.05, 4.69) is 25.6 Å². The van der Waals surface area contributed by atoms with E-state index in [1.54, 1.807) is 6.20 Å². The van der Waals surface area contributed by atoms with E-state index < -0.39 is 10.0 Å². The van der Waals surface area contributed by atoms with Crippen LogP contribution in [0.4, 0.5) is 5.82 Å². The Morgan fingerprint density at radius 2 is 2.28 bits per heavy atom. The average molecular weight is 334 g/mol. The molecule has 0 aromatic carbocycles. The summed E-state index contributed by atoms with van der Waals surface area (Å²) in [6.07, 6.45) is 3.30. The van der Waals surface area contributed by atoms with Crippen LogP contribution in [0.5, 0.6) is 0 Å². The zero-order chi connectivity index (χ0) is 13.2. The number of sulfonamides is 1. The van der Waals surface area contributed by atoms with Gasteiger partial charge in [-0.05, 0) is 48.0 Å². The lowest BCUT2D eigenvalue weighted by Crippen LogP contribution is -2.45. The molecule has 1 aromatic heterocycles. The second-order valence-electron chi connectivity index (χ2n) is 4.29. The summed E-state index contributed by atoms with van der Waals surface area (Å²) in [4.78, 5) is 6.33. The molecule has 1 atom stereocenters. The summed E-state index contributed by atoms with van der Waals surface area (Å²) in [6, 6.07) is 3.82. The van der Waals surface area contributed by atoms with Gasteiger partial charge in [-0.25, -0.2) is 18.1 Å². The molecule has 5 nitrogen and oxygen atoms in total. The molecule has 2 heterocycles. The highest BCUT2D eigenvalue weighted by Gasteiger charge is 2.30. The smallest absolute Gasteiger partial charge is 0.215 e. The molecule has 1 aromatic rings. The second kappa shape index (κ2) is 5.54. The Morgan fingerprint density at radius 3 is 2.89 bits per heavy atom. The van der Waals surface area contributed by atoms with E-state index in [-0.39, 0.29) is 5.25 Å². The molecule has 7 heteroatoms. The van der Waals surface area contributed by atoms with Gasteiger partial charge in [-0.1, -0.05) is 0 Å². The van der Waals surface area contributed by atoms with Crippen molar-refractivity contribution in [3.63, 3.8) is 0 Å². The van der Waals surface area contributed by atoms with Crippen molar-refractivity contribution in [2.75, 3.05) is 25.0 Å². The van der Waals surface area contributed by atoms with E-state index >= 15 is 0 Å². The lowest BCUT2D eigenvalue weighted by Gasteiger charge is -2.32. The molecule has 1 fully saturated rings. The van der Waals surface area contributed by atoms with Crippen LogP contribution in [0.25, 0.3) is 0 Å². The van der Waals surface area contributed by atoms with Crippen molar-refractivity contribution in [2.45, 2.75) is 18.1 Å². The molecule has 1 aliphatic heterocycles. The number of nitrogens with one attached hydrogen (secondary N) is 1. The number of aromatic nitrogens is 1. The average Bonchev–Trinajstić information content (AvgIpc) is 2.40. The third-order valence-corrected chi connectivity index (χ3v) is 5.44. The fourth-order valence-corrected chi connectivity index (χ4v) is 3.54. The minimum atomic E-state index is -3.20. The normalized spacial score (nSPS) is 21.0. The zero-order valence-electron chi connectivity index (χ0n) is 10.1. The summed E-state index contributed by atoms with van der Waals surface area (Å²) in [5.74, 6) is 0.828. The van der Waals surface area contributed by atoms with Crippen molar-refractivity contribution in [1.29, 1.82) is 0 Å². The fourth-order valence-electron chi connectivity index (χ4n) is 2.12. The first-order valence-electron chi connectivity index (χ1n) is 5.82. The van der Waals surface area contributed by atoms with Crippen molar-refractivity contribution in [2.24, 2.45) is 0 Å². The molecule has 1 aliphatic rings. The summed E-state index contributed by atoms with van der Waals surface area (Å²) >= 11 is 3.34. The predicted molar refractivity (Wildman–Crippen MR) is 75.2 cm³/mol. The van der Waals surface area contributed by atoms with Crippen molar-refractivity contribution in [3.05, 3.63) is 22.8 Å². The number of anilines is 1. The van der Waals surface area contributed by atoms with Crippen LogP contribution in [-0.4, -0.2) is 38.8 Å².